The molecule has 1 unspecified atom stereocenters. The molecule has 0 saturated carbocycles. The second kappa shape index (κ2) is 5.91. The van der Waals surface area contributed by atoms with Crippen LogP contribution in [0.4, 0.5) is 5.13 Å². The van der Waals surface area contributed by atoms with E-state index in [4.69, 9.17) is 0 Å². The van der Waals surface area contributed by atoms with Gasteiger partial charge in [-0.3, -0.25) is 0 Å². The van der Waals surface area contributed by atoms with Gasteiger partial charge in [-0.15, -0.1) is 0 Å². The lowest BCUT2D eigenvalue weighted by atomic mass is 10.1. The second-order valence-corrected chi connectivity index (χ2v) is 6.71. The van der Waals surface area contributed by atoms with E-state index in [2.05, 4.69) is 64.3 Å². The molecule has 0 aliphatic carbocycles. The number of thiazole rings is 1. The quantitative estimate of drug-likeness (QED) is 0.770. The van der Waals surface area contributed by atoms with Crippen LogP contribution in [0.25, 0.3) is 10.2 Å². The minimum absolute atomic E-state index is 0.369. The molecular formula is C15H17N3S2. The first kappa shape index (κ1) is 13.5. The molecular weight excluding hydrogens is 286 g/mol. The zero-order valence-electron chi connectivity index (χ0n) is 11.5. The molecule has 1 N–H and O–H groups in total. The fourth-order valence-corrected chi connectivity index (χ4v) is 3.77. The molecule has 0 saturated heterocycles. The van der Waals surface area contributed by atoms with Crippen LogP contribution in [0, 0.1) is 0 Å². The van der Waals surface area contributed by atoms with Crippen molar-refractivity contribution < 1.29 is 0 Å². The van der Waals surface area contributed by atoms with Gasteiger partial charge in [0.15, 0.2) is 5.13 Å². The summed E-state index contributed by atoms with van der Waals surface area (Å²) in [7, 11) is 4.23. The molecule has 104 valence electrons. The van der Waals surface area contributed by atoms with Gasteiger partial charge in [0, 0.05) is 6.54 Å². The number of likely N-dealkylation sites (N-methyl/N-ethyl adjacent to an activating group) is 1. The van der Waals surface area contributed by atoms with E-state index in [9.17, 15) is 0 Å². The van der Waals surface area contributed by atoms with E-state index in [1.54, 1.807) is 22.7 Å². The predicted octanol–water partition coefficient (Wildman–Crippen LogP) is 4.07. The lowest BCUT2D eigenvalue weighted by Crippen LogP contribution is -2.26. The summed E-state index contributed by atoms with van der Waals surface area (Å²) >= 11 is 3.45. The number of fused-ring (bicyclic) bond motifs is 1. The van der Waals surface area contributed by atoms with Crippen LogP contribution >= 0.6 is 22.7 Å². The summed E-state index contributed by atoms with van der Waals surface area (Å²) in [5.74, 6) is 0. The Morgan fingerprint density at radius 1 is 1.25 bits per heavy atom. The van der Waals surface area contributed by atoms with Crippen LogP contribution in [0.1, 0.15) is 11.6 Å². The maximum atomic E-state index is 4.62. The van der Waals surface area contributed by atoms with E-state index in [0.717, 1.165) is 17.2 Å². The predicted molar refractivity (Wildman–Crippen MR) is 88.9 cm³/mol. The van der Waals surface area contributed by atoms with E-state index >= 15 is 0 Å². The number of aromatic nitrogens is 1. The normalized spacial score (nSPS) is 12.9. The summed E-state index contributed by atoms with van der Waals surface area (Å²) in [5, 5.41) is 8.81. The highest BCUT2D eigenvalue weighted by Crippen LogP contribution is 2.27. The number of nitrogens with one attached hydrogen (secondary N) is 1. The summed E-state index contributed by atoms with van der Waals surface area (Å²) in [6.45, 7) is 0.865. The molecule has 2 heterocycles. The molecule has 1 aromatic carbocycles. The number of hydrogen-bond donors (Lipinski definition) is 1. The van der Waals surface area contributed by atoms with Crippen molar-refractivity contribution in [1.82, 2.24) is 9.88 Å². The van der Waals surface area contributed by atoms with Crippen LogP contribution in [0.5, 0.6) is 0 Å². The van der Waals surface area contributed by atoms with E-state index in [0.29, 0.717) is 6.04 Å². The zero-order chi connectivity index (χ0) is 13.9. The van der Waals surface area contributed by atoms with Crippen molar-refractivity contribution in [3.63, 3.8) is 0 Å². The number of anilines is 1. The molecule has 0 aliphatic heterocycles. The molecule has 1 atom stereocenters. The van der Waals surface area contributed by atoms with Gasteiger partial charge >= 0.3 is 0 Å². The average molecular weight is 303 g/mol. The van der Waals surface area contributed by atoms with Crippen molar-refractivity contribution in [3.05, 3.63) is 46.7 Å². The molecule has 3 aromatic rings. The van der Waals surface area contributed by atoms with Gasteiger partial charge in [-0.2, -0.15) is 11.3 Å². The average Bonchev–Trinajstić information content (AvgIpc) is 3.06. The Bertz CT molecular complexity index is 640. The highest BCUT2D eigenvalue weighted by atomic mass is 32.1. The molecule has 3 nitrogen and oxygen atoms in total. The maximum absolute atomic E-state index is 4.62. The number of rotatable bonds is 5. The Hall–Kier alpha value is -1.43. The summed E-state index contributed by atoms with van der Waals surface area (Å²) in [4.78, 5) is 6.86. The van der Waals surface area contributed by atoms with E-state index in [1.165, 1.54) is 10.3 Å². The molecule has 2 aromatic heterocycles. The smallest absolute Gasteiger partial charge is 0.183 e. The number of para-hydroxylation sites is 1. The first-order valence-corrected chi connectivity index (χ1v) is 8.28. The number of benzene rings is 1. The van der Waals surface area contributed by atoms with E-state index in [1.807, 2.05) is 6.07 Å². The van der Waals surface area contributed by atoms with E-state index < -0.39 is 0 Å². The largest absolute Gasteiger partial charge is 0.360 e. The third-order valence-electron chi connectivity index (χ3n) is 3.29. The first-order valence-electron chi connectivity index (χ1n) is 6.52. The number of hydrogen-bond acceptors (Lipinski definition) is 5. The van der Waals surface area contributed by atoms with Gasteiger partial charge in [0.05, 0.1) is 16.3 Å². The lowest BCUT2D eigenvalue weighted by molar-refractivity contribution is 0.312. The van der Waals surface area contributed by atoms with E-state index in [-0.39, 0.29) is 0 Å². The van der Waals surface area contributed by atoms with Gasteiger partial charge < -0.3 is 10.2 Å². The Balaban J connectivity index is 1.74. The molecule has 0 radical (unpaired) electrons. The van der Waals surface area contributed by atoms with Gasteiger partial charge in [-0.25, -0.2) is 4.98 Å². The van der Waals surface area contributed by atoms with Crippen molar-refractivity contribution in [3.8, 4) is 0 Å². The highest BCUT2D eigenvalue weighted by Gasteiger charge is 2.15. The molecule has 5 heteroatoms. The molecule has 20 heavy (non-hydrogen) atoms. The minimum atomic E-state index is 0.369. The molecule has 0 fully saturated rings. The van der Waals surface area contributed by atoms with Gasteiger partial charge in [0.1, 0.15) is 0 Å². The number of nitrogens with zero attached hydrogens (tertiary/aromatic N) is 2. The van der Waals surface area contributed by atoms with Crippen LogP contribution in [0.3, 0.4) is 0 Å². The fourth-order valence-electron chi connectivity index (χ4n) is 2.19. The van der Waals surface area contributed by atoms with Crippen molar-refractivity contribution in [2.45, 2.75) is 6.04 Å². The topological polar surface area (TPSA) is 28.2 Å². The minimum Gasteiger partial charge on any atom is -0.360 e. The molecule has 0 amide bonds. The van der Waals surface area contributed by atoms with Crippen LogP contribution in [0.15, 0.2) is 41.1 Å². The third kappa shape index (κ3) is 2.85. The van der Waals surface area contributed by atoms with Gasteiger partial charge in [-0.05, 0) is 48.6 Å². The Labute approximate surface area is 126 Å². The van der Waals surface area contributed by atoms with Crippen molar-refractivity contribution >= 4 is 38.0 Å². The summed E-state index contributed by atoms with van der Waals surface area (Å²) < 4.78 is 1.23. The molecule has 0 spiro atoms. The van der Waals surface area contributed by atoms with Crippen LogP contribution in [0.2, 0.25) is 0 Å². The van der Waals surface area contributed by atoms with Crippen LogP contribution in [-0.2, 0) is 0 Å². The van der Waals surface area contributed by atoms with Gasteiger partial charge in [-0.1, -0.05) is 23.5 Å². The maximum Gasteiger partial charge on any atom is 0.183 e. The monoisotopic (exact) mass is 303 g/mol. The number of thiophene rings is 1. The summed E-state index contributed by atoms with van der Waals surface area (Å²) in [5.41, 5.74) is 2.42. The SMILES string of the molecule is CN(C)C(CNc1nc2ccccc2s1)c1ccsc1. The Morgan fingerprint density at radius 2 is 2.10 bits per heavy atom. The van der Waals surface area contributed by atoms with Crippen molar-refractivity contribution in [2.24, 2.45) is 0 Å². The first-order chi connectivity index (χ1) is 9.74. The van der Waals surface area contributed by atoms with Crippen molar-refractivity contribution in [1.29, 1.82) is 0 Å². The summed E-state index contributed by atoms with van der Waals surface area (Å²) in [6, 6.07) is 10.8. The standard InChI is InChI=1S/C15H17N3S2/c1-18(2)13(11-7-8-19-10-11)9-16-15-17-12-5-3-4-6-14(12)20-15/h3-8,10,13H,9H2,1-2H3,(H,16,17). The molecule has 0 aliphatic rings. The van der Waals surface area contributed by atoms with Gasteiger partial charge in [0.25, 0.3) is 0 Å². The molecule has 3 rings (SSSR count). The van der Waals surface area contributed by atoms with Crippen LogP contribution in [-0.4, -0.2) is 30.5 Å². The highest BCUT2D eigenvalue weighted by molar-refractivity contribution is 7.22. The Kier molecular flexibility index (Phi) is 4.00. The van der Waals surface area contributed by atoms with Gasteiger partial charge in [0.2, 0.25) is 0 Å². The summed E-state index contributed by atoms with van der Waals surface area (Å²) in [6.07, 6.45) is 0. The Morgan fingerprint density at radius 3 is 2.80 bits per heavy atom. The van der Waals surface area contributed by atoms with Crippen LogP contribution < -0.4 is 5.32 Å². The molecule has 0 bridgehead atoms. The second-order valence-electron chi connectivity index (χ2n) is 4.90. The lowest BCUT2D eigenvalue weighted by Gasteiger charge is -2.23. The third-order valence-corrected chi connectivity index (χ3v) is 4.99. The fraction of sp³-hybridized carbons (Fsp3) is 0.267. The zero-order valence-corrected chi connectivity index (χ0v) is 13.2. The van der Waals surface area contributed by atoms with Crippen molar-refractivity contribution in [2.75, 3.05) is 26.0 Å².